The summed E-state index contributed by atoms with van der Waals surface area (Å²) in [6.07, 6.45) is 10.3. The summed E-state index contributed by atoms with van der Waals surface area (Å²) in [5, 5.41) is 0. The number of nitrogens with zero attached hydrogens (tertiary/aromatic N) is 4. The summed E-state index contributed by atoms with van der Waals surface area (Å²) in [4.78, 5) is 8.07. The Morgan fingerprint density at radius 3 is 2.87 bits per heavy atom. The molecule has 0 unspecified atom stereocenters. The number of nitrogens with two attached hydrogens (primary N) is 1. The van der Waals surface area contributed by atoms with Gasteiger partial charge in [0.15, 0.2) is 0 Å². The van der Waals surface area contributed by atoms with E-state index < -0.39 is 0 Å². The molecule has 0 fully saturated rings. The number of hydrogen-bond acceptors (Lipinski definition) is 3. The maximum atomic E-state index is 5.59. The largest absolute Gasteiger partial charge is 0.337 e. The zero-order chi connectivity index (χ0) is 10.5. The first-order chi connectivity index (χ1) is 7.40. The molecule has 0 aliphatic rings. The topological polar surface area (TPSA) is 61.7 Å². The molecular weight excluding hydrogens is 190 g/mol. The minimum Gasteiger partial charge on any atom is -0.337 e. The quantitative estimate of drug-likeness (QED) is 0.778. The molecular formula is C10H15N5. The summed E-state index contributed by atoms with van der Waals surface area (Å²) in [5.41, 5.74) is 6.67. The number of rotatable bonds is 5. The summed E-state index contributed by atoms with van der Waals surface area (Å²) in [5.74, 6) is 0. The number of hydrogen-bond donors (Lipinski definition) is 1. The van der Waals surface area contributed by atoms with Gasteiger partial charge >= 0.3 is 0 Å². The van der Waals surface area contributed by atoms with Gasteiger partial charge in [-0.2, -0.15) is 0 Å². The molecule has 0 aliphatic carbocycles. The molecule has 0 saturated heterocycles. The van der Waals surface area contributed by atoms with Crippen LogP contribution in [0, 0.1) is 0 Å². The summed E-state index contributed by atoms with van der Waals surface area (Å²) in [6.45, 7) is 2.47. The van der Waals surface area contributed by atoms with Crippen molar-refractivity contribution in [2.75, 3.05) is 0 Å². The molecule has 2 aromatic heterocycles. The molecule has 2 heterocycles. The lowest BCUT2D eigenvalue weighted by atomic mass is 10.4. The van der Waals surface area contributed by atoms with Crippen LogP contribution in [0.2, 0.25) is 0 Å². The van der Waals surface area contributed by atoms with E-state index in [0.29, 0.717) is 6.54 Å². The van der Waals surface area contributed by atoms with Gasteiger partial charge in [-0.3, -0.25) is 0 Å². The molecule has 2 rings (SSSR count). The van der Waals surface area contributed by atoms with E-state index in [0.717, 1.165) is 25.2 Å². The number of aromatic nitrogens is 4. The van der Waals surface area contributed by atoms with Gasteiger partial charge in [-0.15, -0.1) is 0 Å². The van der Waals surface area contributed by atoms with Gasteiger partial charge < -0.3 is 14.9 Å². The van der Waals surface area contributed by atoms with Crippen molar-refractivity contribution in [1.82, 2.24) is 19.1 Å². The lowest BCUT2D eigenvalue weighted by Gasteiger charge is -2.06. The monoisotopic (exact) mass is 205 g/mol. The van der Waals surface area contributed by atoms with Crippen molar-refractivity contribution in [3.05, 3.63) is 36.9 Å². The van der Waals surface area contributed by atoms with E-state index in [-0.39, 0.29) is 0 Å². The Kier molecular flexibility index (Phi) is 3.14. The Hall–Kier alpha value is -1.62. The minimum atomic E-state index is 0.547. The van der Waals surface area contributed by atoms with Crippen molar-refractivity contribution >= 4 is 0 Å². The van der Waals surface area contributed by atoms with Gasteiger partial charge in [0.05, 0.1) is 18.3 Å². The zero-order valence-electron chi connectivity index (χ0n) is 8.58. The molecule has 15 heavy (non-hydrogen) atoms. The summed E-state index contributed by atoms with van der Waals surface area (Å²) in [7, 11) is 0. The molecule has 0 saturated carbocycles. The molecule has 0 aromatic carbocycles. The first kappa shape index (κ1) is 9.92. The van der Waals surface area contributed by atoms with Gasteiger partial charge in [-0.1, -0.05) is 0 Å². The standard InChI is InChI=1S/C10H15N5/c11-6-10-7-13-9-15(10)4-1-3-14-5-2-12-8-14/h2,5,7-9H,1,3-4,6,11H2. The van der Waals surface area contributed by atoms with Crippen LogP contribution in [0.4, 0.5) is 0 Å². The van der Waals surface area contributed by atoms with Crippen molar-refractivity contribution < 1.29 is 0 Å². The summed E-state index contributed by atoms with van der Waals surface area (Å²) in [6, 6.07) is 0. The molecule has 0 radical (unpaired) electrons. The van der Waals surface area contributed by atoms with Crippen LogP contribution in [0.15, 0.2) is 31.2 Å². The maximum absolute atomic E-state index is 5.59. The van der Waals surface area contributed by atoms with Gasteiger partial charge in [-0.25, -0.2) is 9.97 Å². The maximum Gasteiger partial charge on any atom is 0.0948 e. The molecule has 0 bridgehead atoms. The van der Waals surface area contributed by atoms with Crippen LogP contribution in [-0.2, 0) is 19.6 Å². The third-order valence-corrected chi connectivity index (χ3v) is 2.38. The minimum absolute atomic E-state index is 0.547. The van der Waals surface area contributed by atoms with Crippen LogP contribution in [-0.4, -0.2) is 19.1 Å². The van der Waals surface area contributed by atoms with Crippen LogP contribution in [0.1, 0.15) is 12.1 Å². The zero-order valence-corrected chi connectivity index (χ0v) is 8.58. The number of aryl methyl sites for hydroxylation is 2. The van der Waals surface area contributed by atoms with Gasteiger partial charge in [-0.05, 0) is 6.42 Å². The average Bonchev–Trinajstić information content (AvgIpc) is 2.88. The fourth-order valence-electron chi connectivity index (χ4n) is 1.56. The van der Waals surface area contributed by atoms with Crippen LogP contribution in [0.3, 0.4) is 0 Å². The van der Waals surface area contributed by atoms with Crippen LogP contribution in [0.5, 0.6) is 0 Å². The van der Waals surface area contributed by atoms with Gasteiger partial charge in [0.25, 0.3) is 0 Å². The molecule has 2 aromatic rings. The second-order valence-corrected chi connectivity index (χ2v) is 3.44. The number of imidazole rings is 2. The van der Waals surface area contributed by atoms with Gasteiger partial charge in [0.1, 0.15) is 0 Å². The molecule has 2 N–H and O–H groups in total. The summed E-state index contributed by atoms with van der Waals surface area (Å²) >= 11 is 0. The van der Waals surface area contributed by atoms with Crippen LogP contribution in [0.25, 0.3) is 0 Å². The van der Waals surface area contributed by atoms with Crippen LogP contribution < -0.4 is 5.73 Å². The Morgan fingerprint density at radius 1 is 1.20 bits per heavy atom. The summed E-state index contributed by atoms with van der Waals surface area (Å²) < 4.78 is 4.16. The molecule has 0 spiro atoms. The Bertz CT molecular complexity index is 390. The Labute approximate surface area is 88.6 Å². The highest BCUT2D eigenvalue weighted by molar-refractivity contribution is 4.96. The van der Waals surface area contributed by atoms with E-state index in [2.05, 4.69) is 19.1 Å². The first-order valence-corrected chi connectivity index (χ1v) is 5.05. The Morgan fingerprint density at radius 2 is 2.13 bits per heavy atom. The van der Waals surface area contributed by atoms with Gasteiger partial charge in [0.2, 0.25) is 0 Å². The van der Waals surface area contributed by atoms with E-state index in [1.54, 1.807) is 6.20 Å². The van der Waals surface area contributed by atoms with Crippen molar-refractivity contribution in [1.29, 1.82) is 0 Å². The highest BCUT2D eigenvalue weighted by Gasteiger charge is 1.99. The van der Waals surface area contributed by atoms with Crippen molar-refractivity contribution in [2.45, 2.75) is 26.1 Å². The van der Waals surface area contributed by atoms with Gasteiger partial charge in [0, 0.05) is 38.2 Å². The average molecular weight is 205 g/mol. The first-order valence-electron chi connectivity index (χ1n) is 5.05. The van der Waals surface area contributed by atoms with E-state index in [1.807, 2.05) is 25.0 Å². The van der Waals surface area contributed by atoms with Crippen molar-refractivity contribution in [3.8, 4) is 0 Å². The fraction of sp³-hybridized carbons (Fsp3) is 0.400. The lowest BCUT2D eigenvalue weighted by Crippen LogP contribution is -2.08. The van der Waals surface area contributed by atoms with Crippen LogP contribution >= 0.6 is 0 Å². The van der Waals surface area contributed by atoms with Crippen molar-refractivity contribution in [3.63, 3.8) is 0 Å². The molecule has 5 heteroatoms. The predicted molar refractivity (Wildman–Crippen MR) is 57.0 cm³/mol. The van der Waals surface area contributed by atoms with E-state index in [9.17, 15) is 0 Å². The third kappa shape index (κ3) is 2.44. The van der Waals surface area contributed by atoms with E-state index >= 15 is 0 Å². The highest BCUT2D eigenvalue weighted by atomic mass is 15.1. The molecule has 5 nitrogen and oxygen atoms in total. The SMILES string of the molecule is NCc1cncn1CCCn1ccnc1. The smallest absolute Gasteiger partial charge is 0.0948 e. The molecule has 0 amide bonds. The molecule has 0 aliphatic heterocycles. The highest BCUT2D eigenvalue weighted by Crippen LogP contribution is 2.00. The molecule has 80 valence electrons. The third-order valence-electron chi connectivity index (χ3n) is 2.38. The van der Waals surface area contributed by atoms with E-state index in [1.165, 1.54) is 0 Å². The van der Waals surface area contributed by atoms with Crippen molar-refractivity contribution in [2.24, 2.45) is 5.73 Å². The molecule has 0 atom stereocenters. The Balaban J connectivity index is 1.83. The predicted octanol–water partition coefficient (Wildman–Crippen LogP) is 0.629. The fourth-order valence-corrected chi connectivity index (χ4v) is 1.56. The normalized spacial score (nSPS) is 10.7. The van der Waals surface area contributed by atoms with E-state index in [4.69, 9.17) is 5.73 Å². The lowest BCUT2D eigenvalue weighted by molar-refractivity contribution is 0.551. The second kappa shape index (κ2) is 4.75. The second-order valence-electron chi connectivity index (χ2n) is 3.44.